The predicted octanol–water partition coefficient (Wildman–Crippen LogP) is 5.46. The Kier molecular flexibility index (Phi) is 2.53. The maximum atomic E-state index is 3.35. The van der Waals surface area contributed by atoms with E-state index in [-0.39, 0.29) is 0 Å². The van der Waals surface area contributed by atoms with Crippen LogP contribution >= 0.6 is 0 Å². The molecule has 4 rings (SSSR count). The number of hydrogen-bond donors (Lipinski definition) is 0. The van der Waals surface area contributed by atoms with Gasteiger partial charge >= 0.3 is 0 Å². The largest absolute Gasteiger partial charge is 0.0622 e. The quantitative estimate of drug-likeness (QED) is 0.395. The summed E-state index contributed by atoms with van der Waals surface area (Å²) in [7, 11) is 0. The van der Waals surface area contributed by atoms with Crippen molar-refractivity contribution in [3.8, 4) is 11.1 Å². The second kappa shape index (κ2) is 4.50. The van der Waals surface area contributed by atoms with Crippen molar-refractivity contribution >= 4 is 21.5 Å². The highest BCUT2D eigenvalue weighted by Crippen LogP contribution is 2.35. The van der Waals surface area contributed by atoms with E-state index in [0.717, 1.165) is 0 Å². The van der Waals surface area contributed by atoms with Gasteiger partial charge in [0.25, 0.3) is 0 Å². The molecule has 0 saturated carbocycles. The smallest absolute Gasteiger partial charge is 0.00266 e. The van der Waals surface area contributed by atoms with Crippen LogP contribution in [0.1, 0.15) is 0 Å². The second-order valence-corrected chi connectivity index (χ2v) is 4.97. The molecule has 20 heavy (non-hydrogen) atoms. The third-order valence-corrected chi connectivity index (χ3v) is 3.75. The molecule has 0 aromatic heterocycles. The highest BCUT2D eigenvalue weighted by atomic mass is 14.1. The Hall–Kier alpha value is -2.60. The summed E-state index contributed by atoms with van der Waals surface area (Å²) in [5.74, 6) is 0. The maximum absolute atomic E-state index is 3.35. The lowest BCUT2D eigenvalue weighted by Crippen LogP contribution is -1.85. The first-order valence-electron chi connectivity index (χ1n) is 6.81. The molecule has 0 N–H and O–H groups in total. The van der Waals surface area contributed by atoms with Crippen LogP contribution in [0.25, 0.3) is 32.7 Å². The zero-order chi connectivity index (χ0) is 13.4. The minimum atomic E-state index is 1.17. The van der Waals surface area contributed by atoms with Crippen LogP contribution < -0.4 is 0 Å². The molecule has 0 heterocycles. The molecule has 0 heteroatoms. The molecule has 0 aliphatic rings. The zero-order valence-electron chi connectivity index (χ0n) is 11.0. The topological polar surface area (TPSA) is 0 Å². The normalized spacial score (nSPS) is 11.0. The van der Waals surface area contributed by atoms with Gasteiger partial charge in [-0.3, -0.25) is 0 Å². The Labute approximate surface area is 118 Å². The van der Waals surface area contributed by atoms with Gasteiger partial charge in [0.1, 0.15) is 0 Å². The van der Waals surface area contributed by atoms with E-state index in [2.05, 4.69) is 78.9 Å². The molecule has 0 aliphatic heterocycles. The molecule has 0 saturated heterocycles. The van der Waals surface area contributed by atoms with E-state index in [1.807, 2.05) is 6.07 Å². The lowest BCUT2D eigenvalue weighted by atomic mass is 9.92. The average Bonchev–Trinajstić information content (AvgIpc) is 2.53. The van der Waals surface area contributed by atoms with Crippen LogP contribution in [0.4, 0.5) is 0 Å². The van der Waals surface area contributed by atoms with Crippen molar-refractivity contribution in [2.75, 3.05) is 0 Å². The molecule has 4 aromatic carbocycles. The molecular weight excluding hydrogens is 240 g/mol. The molecule has 0 aliphatic carbocycles. The van der Waals surface area contributed by atoms with Crippen LogP contribution in [0, 0.1) is 6.07 Å². The molecule has 0 amide bonds. The van der Waals surface area contributed by atoms with Gasteiger partial charge in [0.2, 0.25) is 0 Å². The first kappa shape index (κ1) is 11.2. The summed E-state index contributed by atoms with van der Waals surface area (Å²) < 4.78 is 0. The summed E-state index contributed by atoms with van der Waals surface area (Å²) in [4.78, 5) is 0. The molecule has 0 atom stereocenters. The lowest BCUT2D eigenvalue weighted by molar-refractivity contribution is 1.67. The summed E-state index contributed by atoms with van der Waals surface area (Å²) in [5.41, 5.74) is 2.56. The highest BCUT2D eigenvalue weighted by molar-refractivity contribution is 6.12. The predicted molar refractivity (Wildman–Crippen MR) is 85.7 cm³/mol. The SMILES string of the molecule is [c]1cccc2c(-c3ccccc3)c3ccccc3cc12. The van der Waals surface area contributed by atoms with Gasteiger partial charge in [-0.2, -0.15) is 0 Å². The van der Waals surface area contributed by atoms with E-state index in [0.29, 0.717) is 0 Å². The number of benzene rings is 4. The standard InChI is InChI=1S/C20H13/c1-2-8-15(9-3-1)20-18-12-6-4-10-16(18)14-17-11-5-7-13-19(17)20/h1-10,12-14H. The van der Waals surface area contributed by atoms with E-state index < -0.39 is 0 Å². The van der Waals surface area contributed by atoms with Crippen molar-refractivity contribution in [3.63, 3.8) is 0 Å². The van der Waals surface area contributed by atoms with Gasteiger partial charge in [-0.15, -0.1) is 0 Å². The van der Waals surface area contributed by atoms with Crippen molar-refractivity contribution in [1.29, 1.82) is 0 Å². The summed E-state index contributed by atoms with van der Waals surface area (Å²) in [6.45, 7) is 0. The Bertz CT molecular complexity index is 835. The Morgan fingerprint density at radius 1 is 0.650 bits per heavy atom. The summed E-state index contributed by atoms with van der Waals surface area (Å²) in [5, 5.41) is 4.99. The first-order valence-corrected chi connectivity index (χ1v) is 6.81. The van der Waals surface area contributed by atoms with Crippen molar-refractivity contribution in [1.82, 2.24) is 0 Å². The zero-order valence-corrected chi connectivity index (χ0v) is 11.0. The van der Waals surface area contributed by atoms with Gasteiger partial charge in [-0.25, -0.2) is 0 Å². The van der Waals surface area contributed by atoms with Crippen LogP contribution in [-0.4, -0.2) is 0 Å². The van der Waals surface area contributed by atoms with Crippen molar-refractivity contribution < 1.29 is 0 Å². The lowest BCUT2D eigenvalue weighted by Gasteiger charge is -2.11. The van der Waals surface area contributed by atoms with E-state index in [1.54, 1.807) is 0 Å². The Balaban J connectivity index is 2.24. The second-order valence-electron chi connectivity index (χ2n) is 4.97. The van der Waals surface area contributed by atoms with Gasteiger partial charge in [-0.05, 0) is 44.8 Å². The molecule has 0 nitrogen and oxygen atoms in total. The minimum absolute atomic E-state index is 1.17. The van der Waals surface area contributed by atoms with Gasteiger partial charge in [0.05, 0.1) is 0 Å². The third kappa shape index (κ3) is 1.70. The van der Waals surface area contributed by atoms with Gasteiger partial charge in [0, 0.05) is 0 Å². The molecule has 0 spiro atoms. The molecule has 0 unspecified atom stereocenters. The van der Waals surface area contributed by atoms with Gasteiger partial charge < -0.3 is 0 Å². The summed E-state index contributed by atoms with van der Waals surface area (Å²) in [6.07, 6.45) is 0. The van der Waals surface area contributed by atoms with Crippen LogP contribution in [0.5, 0.6) is 0 Å². The average molecular weight is 253 g/mol. The molecule has 4 aromatic rings. The molecule has 1 radical (unpaired) electrons. The molecule has 93 valence electrons. The number of rotatable bonds is 1. The minimum Gasteiger partial charge on any atom is -0.0622 e. The Morgan fingerprint density at radius 2 is 1.40 bits per heavy atom. The van der Waals surface area contributed by atoms with Crippen molar-refractivity contribution in [2.45, 2.75) is 0 Å². The fraction of sp³-hybridized carbons (Fsp3) is 0. The van der Waals surface area contributed by atoms with Crippen LogP contribution in [0.3, 0.4) is 0 Å². The Morgan fingerprint density at radius 3 is 2.30 bits per heavy atom. The van der Waals surface area contributed by atoms with E-state index in [4.69, 9.17) is 0 Å². The number of fused-ring (bicyclic) bond motifs is 2. The van der Waals surface area contributed by atoms with Gasteiger partial charge in [-0.1, -0.05) is 72.8 Å². The van der Waals surface area contributed by atoms with E-state index in [9.17, 15) is 0 Å². The molecular formula is C20H13. The van der Waals surface area contributed by atoms with Crippen molar-refractivity contribution in [3.05, 3.63) is 84.9 Å². The maximum Gasteiger partial charge on any atom is -0.00266 e. The van der Waals surface area contributed by atoms with E-state index >= 15 is 0 Å². The van der Waals surface area contributed by atoms with Crippen molar-refractivity contribution in [2.24, 2.45) is 0 Å². The number of hydrogen-bond acceptors (Lipinski definition) is 0. The third-order valence-electron chi connectivity index (χ3n) is 3.75. The summed E-state index contributed by atoms with van der Waals surface area (Å²) in [6, 6.07) is 30.9. The molecule has 0 fully saturated rings. The molecule has 0 bridgehead atoms. The van der Waals surface area contributed by atoms with E-state index in [1.165, 1.54) is 32.7 Å². The monoisotopic (exact) mass is 253 g/mol. The summed E-state index contributed by atoms with van der Waals surface area (Å²) >= 11 is 0. The first-order chi connectivity index (χ1) is 9.93. The van der Waals surface area contributed by atoms with Crippen LogP contribution in [0.15, 0.2) is 78.9 Å². The van der Waals surface area contributed by atoms with Crippen LogP contribution in [0.2, 0.25) is 0 Å². The fourth-order valence-electron chi connectivity index (χ4n) is 2.85. The van der Waals surface area contributed by atoms with Gasteiger partial charge in [0.15, 0.2) is 0 Å². The highest BCUT2D eigenvalue weighted by Gasteiger charge is 2.08. The van der Waals surface area contributed by atoms with Crippen LogP contribution in [-0.2, 0) is 0 Å². The fourth-order valence-corrected chi connectivity index (χ4v) is 2.85.